The molecule has 0 spiro atoms. The van der Waals surface area contributed by atoms with Crippen LogP contribution in [0.2, 0.25) is 0 Å². The van der Waals surface area contributed by atoms with Crippen molar-refractivity contribution in [2.75, 3.05) is 75.0 Å². The molecule has 1 unspecified atom stereocenters. The summed E-state index contributed by atoms with van der Waals surface area (Å²) in [6.45, 7) is 14.5. The molecule has 4 aliphatic heterocycles. The van der Waals surface area contributed by atoms with Crippen molar-refractivity contribution in [2.24, 2.45) is 0 Å². The van der Waals surface area contributed by atoms with Crippen molar-refractivity contribution in [3.63, 3.8) is 0 Å². The maximum Gasteiger partial charge on any atom is 0.255 e. The van der Waals surface area contributed by atoms with E-state index >= 15 is 0 Å². The summed E-state index contributed by atoms with van der Waals surface area (Å²) in [5.41, 5.74) is 10.1. The molecule has 5 aromatic rings. The first-order valence-corrected chi connectivity index (χ1v) is 20.8. The molecular formula is C46H57N9O4. The van der Waals surface area contributed by atoms with Crippen LogP contribution in [-0.2, 0) is 22.7 Å². The number of imide groups is 1. The molecule has 3 amide bonds. The molecule has 2 saturated heterocycles. The molecule has 6 heterocycles. The summed E-state index contributed by atoms with van der Waals surface area (Å²) in [6.07, 6.45) is 2.51. The Morgan fingerprint density at radius 1 is 0.949 bits per heavy atom. The normalized spacial score (nSPS) is 17.8. The summed E-state index contributed by atoms with van der Waals surface area (Å²) in [5, 5.41) is 10.4. The minimum atomic E-state index is -0.595. The number of benzene rings is 3. The SMILES string of the molecule is CC.Cc1c(-c2ccc3ccc(Nc4ccc(CN(C)CCN5CCN(c6ccc7c(c6)CN(C6CCC(=O)NC6=O)C7=O)CC5)cc4)nc3c2)cnc2c1NCCO2.[HH].[HH]. The van der Waals surface area contributed by atoms with E-state index in [9.17, 15) is 14.4 Å². The van der Waals surface area contributed by atoms with E-state index in [-0.39, 0.29) is 27.0 Å². The number of piperazine rings is 1. The van der Waals surface area contributed by atoms with Gasteiger partial charge in [0.25, 0.3) is 5.91 Å². The third-order valence-corrected chi connectivity index (χ3v) is 11.7. The van der Waals surface area contributed by atoms with Gasteiger partial charge in [0.05, 0.1) is 5.52 Å². The minimum Gasteiger partial charge on any atom is -0.474 e. The number of anilines is 4. The van der Waals surface area contributed by atoms with Gasteiger partial charge in [0, 0.05) is 102 Å². The molecular weight excluding hydrogens is 743 g/mol. The second kappa shape index (κ2) is 17.4. The van der Waals surface area contributed by atoms with Crippen LogP contribution >= 0.6 is 0 Å². The Bertz CT molecular complexity index is 2370. The first kappa shape index (κ1) is 39.8. The number of aromatic nitrogens is 2. The second-order valence-electron chi connectivity index (χ2n) is 15.5. The standard InChI is InChI=1S/C44H47N9O4.C2H6.2H2/c1-28-36(25-46-43-41(28)45-15-22-57-43)31-6-5-30-7-13-39(48-37(30)24-31)47-33-8-3-29(4-9-33)26-50(2)16-17-51-18-20-52(21-19-51)34-10-11-35-32(23-34)27-53(44(35)56)38-12-14-40(54)49-42(38)55;1-2;;/h3-11,13,23-25,38,45H,12,14-22,26-27H2,1-2H3,(H,47,48)(H,49,54,55);1-2H3;2*1H. The van der Waals surface area contributed by atoms with E-state index < -0.39 is 6.04 Å². The third-order valence-electron chi connectivity index (χ3n) is 11.7. The Hall–Kier alpha value is -6.05. The van der Waals surface area contributed by atoms with Crippen molar-refractivity contribution >= 4 is 51.5 Å². The number of hydrogen-bond donors (Lipinski definition) is 3. The van der Waals surface area contributed by atoms with Crippen LogP contribution in [0, 0.1) is 6.92 Å². The molecule has 2 fully saturated rings. The molecule has 1 atom stereocenters. The molecule has 4 aliphatic rings. The number of likely N-dealkylation sites (N-methyl/N-ethyl adjacent to an activating group) is 1. The number of carbonyl (C=O) groups excluding carboxylic acids is 3. The number of amides is 3. The fourth-order valence-corrected chi connectivity index (χ4v) is 8.40. The van der Waals surface area contributed by atoms with Gasteiger partial charge in [-0.3, -0.25) is 24.6 Å². The maximum absolute atomic E-state index is 13.1. The lowest BCUT2D eigenvalue weighted by molar-refractivity contribution is -0.136. The molecule has 310 valence electrons. The van der Waals surface area contributed by atoms with Crippen molar-refractivity contribution < 1.29 is 22.0 Å². The molecule has 0 radical (unpaired) electrons. The average Bonchev–Trinajstić information content (AvgIpc) is 3.59. The molecule has 59 heavy (non-hydrogen) atoms. The predicted molar refractivity (Wildman–Crippen MR) is 236 cm³/mol. The molecule has 9 rings (SSSR count). The number of nitrogens with one attached hydrogen (secondary N) is 3. The van der Waals surface area contributed by atoms with Crippen LogP contribution in [0.1, 0.15) is 56.6 Å². The number of pyridine rings is 2. The molecule has 3 N–H and O–H groups in total. The smallest absolute Gasteiger partial charge is 0.255 e. The molecule has 0 bridgehead atoms. The van der Waals surface area contributed by atoms with Crippen molar-refractivity contribution in [3.05, 3.63) is 101 Å². The Labute approximate surface area is 348 Å². The number of carbonyl (C=O) groups is 3. The zero-order chi connectivity index (χ0) is 41.0. The maximum atomic E-state index is 13.1. The lowest BCUT2D eigenvalue weighted by Crippen LogP contribution is -2.52. The van der Waals surface area contributed by atoms with E-state index in [1.165, 1.54) is 5.56 Å². The lowest BCUT2D eigenvalue weighted by Gasteiger charge is -2.37. The van der Waals surface area contributed by atoms with Crippen molar-refractivity contribution in [2.45, 2.75) is 52.7 Å². The first-order valence-electron chi connectivity index (χ1n) is 20.8. The molecule has 0 aliphatic carbocycles. The summed E-state index contributed by atoms with van der Waals surface area (Å²) >= 11 is 0. The fourth-order valence-electron chi connectivity index (χ4n) is 8.40. The average molecular weight is 800 g/mol. The van der Waals surface area contributed by atoms with E-state index in [0.717, 1.165) is 108 Å². The minimum absolute atomic E-state index is 0. The largest absolute Gasteiger partial charge is 0.474 e. The molecule has 0 saturated carbocycles. The highest BCUT2D eigenvalue weighted by molar-refractivity contribution is 6.05. The third kappa shape index (κ3) is 8.57. The second-order valence-corrected chi connectivity index (χ2v) is 15.5. The van der Waals surface area contributed by atoms with E-state index in [4.69, 9.17) is 9.72 Å². The van der Waals surface area contributed by atoms with Crippen LogP contribution in [0.5, 0.6) is 5.88 Å². The van der Waals surface area contributed by atoms with Crippen LogP contribution in [0.25, 0.3) is 22.0 Å². The highest BCUT2D eigenvalue weighted by Crippen LogP contribution is 2.36. The highest BCUT2D eigenvalue weighted by Gasteiger charge is 2.39. The number of ether oxygens (including phenoxy) is 1. The summed E-state index contributed by atoms with van der Waals surface area (Å²) in [4.78, 5) is 55.5. The van der Waals surface area contributed by atoms with Crippen LogP contribution in [0.4, 0.5) is 22.9 Å². The van der Waals surface area contributed by atoms with Gasteiger partial charge < -0.3 is 30.1 Å². The topological polar surface area (TPSA) is 135 Å². The Morgan fingerprint density at radius 2 is 1.75 bits per heavy atom. The van der Waals surface area contributed by atoms with Gasteiger partial charge in [-0.05, 0) is 91.2 Å². The van der Waals surface area contributed by atoms with Gasteiger partial charge in [-0.15, -0.1) is 0 Å². The van der Waals surface area contributed by atoms with Gasteiger partial charge in [0.15, 0.2) is 0 Å². The van der Waals surface area contributed by atoms with Gasteiger partial charge in [-0.2, -0.15) is 0 Å². The number of nitrogens with zero attached hydrogens (tertiary/aromatic N) is 6. The Balaban J connectivity index is 0.00000153. The summed E-state index contributed by atoms with van der Waals surface area (Å²) in [6, 6.07) is 24.5. The van der Waals surface area contributed by atoms with Crippen LogP contribution < -0.4 is 25.6 Å². The van der Waals surface area contributed by atoms with E-state index in [2.05, 4.69) is 104 Å². The number of piperidine rings is 1. The Kier molecular flexibility index (Phi) is 11.7. The van der Waals surface area contributed by atoms with Crippen LogP contribution in [0.3, 0.4) is 0 Å². The molecule has 13 nitrogen and oxygen atoms in total. The summed E-state index contributed by atoms with van der Waals surface area (Å²) in [5.74, 6) is 0.668. The van der Waals surface area contributed by atoms with Gasteiger partial charge in [-0.25, -0.2) is 9.97 Å². The number of fused-ring (bicyclic) bond motifs is 3. The van der Waals surface area contributed by atoms with Crippen LogP contribution in [0.15, 0.2) is 79.0 Å². The van der Waals surface area contributed by atoms with E-state index in [1.807, 2.05) is 38.2 Å². The number of rotatable bonds is 10. The molecule has 2 aromatic heterocycles. The van der Waals surface area contributed by atoms with E-state index in [1.54, 1.807) is 4.90 Å². The first-order chi connectivity index (χ1) is 28.8. The van der Waals surface area contributed by atoms with Gasteiger partial charge in [0.2, 0.25) is 17.7 Å². The lowest BCUT2D eigenvalue weighted by atomic mass is 10.00. The fraction of sp³-hybridized carbons (Fsp3) is 0.370. The monoisotopic (exact) mass is 799 g/mol. The van der Waals surface area contributed by atoms with Crippen molar-refractivity contribution in [1.82, 2.24) is 30.0 Å². The molecule has 3 aromatic carbocycles. The van der Waals surface area contributed by atoms with Crippen LogP contribution in [-0.4, -0.2) is 108 Å². The predicted octanol–water partition coefficient (Wildman–Crippen LogP) is 6.69. The molecule has 13 heteroatoms. The highest BCUT2D eigenvalue weighted by atomic mass is 16.5. The number of hydrogen-bond acceptors (Lipinski definition) is 11. The quantitative estimate of drug-likeness (QED) is 0.131. The van der Waals surface area contributed by atoms with E-state index in [0.29, 0.717) is 31.0 Å². The van der Waals surface area contributed by atoms with Gasteiger partial charge in [-0.1, -0.05) is 38.1 Å². The zero-order valence-electron chi connectivity index (χ0n) is 34.4. The van der Waals surface area contributed by atoms with Gasteiger partial charge in [0.1, 0.15) is 24.2 Å². The summed E-state index contributed by atoms with van der Waals surface area (Å²) < 4.78 is 5.72. The summed E-state index contributed by atoms with van der Waals surface area (Å²) in [7, 11) is 2.17. The Morgan fingerprint density at radius 3 is 2.54 bits per heavy atom. The van der Waals surface area contributed by atoms with Gasteiger partial charge >= 0.3 is 0 Å². The van der Waals surface area contributed by atoms with Crippen molar-refractivity contribution in [1.29, 1.82) is 0 Å². The zero-order valence-corrected chi connectivity index (χ0v) is 34.4. The van der Waals surface area contributed by atoms with Crippen molar-refractivity contribution in [3.8, 4) is 17.0 Å².